The largest absolute Gasteiger partial charge is 0.481 e. The standard InChI is InChI=1S/C13H14BrN3O2/c1-3-17(10-4-5-12(19-2)16-8-10)13(18)11-6-9(14)7-15-11/h4-8,15H,3H2,1-2H3. The third-order valence-corrected chi connectivity index (χ3v) is 3.14. The highest BCUT2D eigenvalue weighted by molar-refractivity contribution is 9.10. The van der Waals surface area contributed by atoms with Crippen LogP contribution >= 0.6 is 15.9 Å². The molecule has 0 atom stereocenters. The molecule has 2 aromatic heterocycles. The third-order valence-electron chi connectivity index (χ3n) is 2.68. The van der Waals surface area contributed by atoms with Crippen LogP contribution in [0.4, 0.5) is 5.69 Å². The number of hydrogen-bond acceptors (Lipinski definition) is 3. The normalized spacial score (nSPS) is 10.3. The van der Waals surface area contributed by atoms with Gasteiger partial charge in [-0.05, 0) is 35.0 Å². The van der Waals surface area contributed by atoms with E-state index in [0.717, 1.165) is 10.2 Å². The van der Waals surface area contributed by atoms with Crippen LogP contribution in [0.3, 0.4) is 0 Å². The van der Waals surface area contributed by atoms with Gasteiger partial charge in [0, 0.05) is 23.3 Å². The second kappa shape index (κ2) is 5.88. The SMILES string of the molecule is CCN(C(=O)c1cc(Br)c[nH]1)c1ccc(OC)nc1. The molecule has 0 aliphatic carbocycles. The minimum Gasteiger partial charge on any atom is -0.481 e. The molecule has 0 spiro atoms. The van der Waals surface area contributed by atoms with Gasteiger partial charge in [-0.15, -0.1) is 0 Å². The molecule has 2 aromatic rings. The lowest BCUT2D eigenvalue weighted by Crippen LogP contribution is -2.30. The molecule has 0 saturated carbocycles. The molecular weight excluding hydrogens is 310 g/mol. The van der Waals surface area contributed by atoms with Crippen molar-refractivity contribution in [2.45, 2.75) is 6.92 Å². The third kappa shape index (κ3) is 2.96. The van der Waals surface area contributed by atoms with Crippen molar-refractivity contribution in [3.8, 4) is 5.88 Å². The first-order chi connectivity index (χ1) is 9.15. The predicted molar refractivity (Wildman–Crippen MR) is 76.6 cm³/mol. The number of hydrogen-bond donors (Lipinski definition) is 1. The summed E-state index contributed by atoms with van der Waals surface area (Å²) in [6.07, 6.45) is 3.35. The number of aromatic amines is 1. The van der Waals surface area contributed by atoms with Crippen molar-refractivity contribution >= 4 is 27.5 Å². The Hall–Kier alpha value is -1.82. The average Bonchev–Trinajstić information content (AvgIpc) is 2.87. The van der Waals surface area contributed by atoms with Crippen LogP contribution in [0.1, 0.15) is 17.4 Å². The smallest absolute Gasteiger partial charge is 0.274 e. The second-order valence-electron chi connectivity index (χ2n) is 3.84. The van der Waals surface area contributed by atoms with E-state index in [1.54, 1.807) is 36.5 Å². The monoisotopic (exact) mass is 323 g/mol. The van der Waals surface area contributed by atoms with Crippen LogP contribution < -0.4 is 9.64 Å². The summed E-state index contributed by atoms with van der Waals surface area (Å²) in [7, 11) is 1.56. The average molecular weight is 324 g/mol. The number of H-pyrrole nitrogens is 1. The number of rotatable bonds is 4. The van der Waals surface area contributed by atoms with Crippen molar-refractivity contribution in [1.29, 1.82) is 0 Å². The maximum Gasteiger partial charge on any atom is 0.274 e. The van der Waals surface area contributed by atoms with Crippen LogP contribution in [0.5, 0.6) is 5.88 Å². The molecule has 19 heavy (non-hydrogen) atoms. The number of ether oxygens (including phenoxy) is 1. The summed E-state index contributed by atoms with van der Waals surface area (Å²) in [6.45, 7) is 2.48. The lowest BCUT2D eigenvalue weighted by atomic mass is 10.3. The van der Waals surface area contributed by atoms with Gasteiger partial charge in [-0.3, -0.25) is 4.79 Å². The zero-order chi connectivity index (χ0) is 13.8. The van der Waals surface area contributed by atoms with E-state index in [-0.39, 0.29) is 5.91 Å². The molecule has 2 rings (SSSR count). The highest BCUT2D eigenvalue weighted by Crippen LogP contribution is 2.19. The van der Waals surface area contributed by atoms with Gasteiger partial charge in [0.15, 0.2) is 0 Å². The van der Waals surface area contributed by atoms with Gasteiger partial charge in [-0.1, -0.05) is 0 Å². The highest BCUT2D eigenvalue weighted by Gasteiger charge is 2.17. The summed E-state index contributed by atoms with van der Waals surface area (Å²) >= 11 is 3.32. The van der Waals surface area contributed by atoms with Crippen LogP contribution in [-0.4, -0.2) is 29.5 Å². The number of anilines is 1. The van der Waals surface area contributed by atoms with Crippen molar-refractivity contribution in [3.05, 3.63) is 40.8 Å². The van der Waals surface area contributed by atoms with Crippen LogP contribution in [0.15, 0.2) is 35.1 Å². The van der Waals surface area contributed by atoms with E-state index >= 15 is 0 Å². The number of aromatic nitrogens is 2. The summed E-state index contributed by atoms with van der Waals surface area (Å²) < 4.78 is 5.85. The number of nitrogens with zero attached hydrogens (tertiary/aromatic N) is 2. The van der Waals surface area contributed by atoms with Gasteiger partial charge in [-0.2, -0.15) is 0 Å². The Kier molecular flexibility index (Phi) is 4.21. The Morgan fingerprint density at radius 1 is 1.53 bits per heavy atom. The zero-order valence-electron chi connectivity index (χ0n) is 10.7. The summed E-state index contributed by atoms with van der Waals surface area (Å²) in [4.78, 5) is 21.0. The molecule has 2 heterocycles. The first-order valence-electron chi connectivity index (χ1n) is 5.81. The molecule has 0 saturated heterocycles. The van der Waals surface area contributed by atoms with E-state index in [9.17, 15) is 4.79 Å². The molecule has 5 nitrogen and oxygen atoms in total. The van der Waals surface area contributed by atoms with E-state index in [2.05, 4.69) is 25.9 Å². The lowest BCUT2D eigenvalue weighted by molar-refractivity contribution is 0.0984. The number of pyridine rings is 1. The number of nitrogens with one attached hydrogen (secondary N) is 1. The molecule has 0 bridgehead atoms. The minimum absolute atomic E-state index is 0.0971. The summed E-state index contributed by atoms with van der Waals surface area (Å²) in [6, 6.07) is 5.29. The van der Waals surface area contributed by atoms with Crippen LogP contribution in [-0.2, 0) is 0 Å². The summed E-state index contributed by atoms with van der Waals surface area (Å²) in [5.41, 5.74) is 1.27. The highest BCUT2D eigenvalue weighted by atomic mass is 79.9. The maximum absolute atomic E-state index is 12.4. The molecule has 0 aliphatic heterocycles. The van der Waals surface area contributed by atoms with Crippen molar-refractivity contribution < 1.29 is 9.53 Å². The van der Waals surface area contributed by atoms with Gasteiger partial charge in [0.25, 0.3) is 5.91 Å². The van der Waals surface area contributed by atoms with Gasteiger partial charge in [-0.25, -0.2) is 4.98 Å². The van der Waals surface area contributed by atoms with Crippen LogP contribution in [0, 0.1) is 0 Å². The van der Waals surface area contributed by atoms with Gasteiger partial charge in [0.05, 0.1) is 19.0 Å². The minimum atomic E-state index is -0.0971. The fourth-order valence-corrected chi connectivity index (χ4v) is 2.08. The van der Waals surface area contributed by atoms with E-state index in [1.165, 1.54) is 0 Å². The van der Waals surface area contributed by atoms with Crippen molar-refractivity contribution in [2.75, 3.05) is 18.6 Å². The number of halogens is 1. The molecule has 0 aliphatic rings. The fourth-order valence-electron chi connectivity index (χ4n) is 1.73. The van der Waals surface area contributed by atoms with Gasteiger partial charge >= 0.3 is 0 Å². The Morgan fingerprint density at radius 3 is 2.79 bits per heavy atom. The number of carbonyl (C=O) groups is 1. The first kappa shape index (κ1) is 13.6. The molecule has 100 valence electrons. The Morgan fingerprint density at radius 2 is 2.32 bits per heavy atom. The first-order valence-corrected chi connectivity index (χ1v) is 6.60. The summed E-state index contributed by atoms with van der Waals surface area (Å²) in [5.74, 6) is 0.426. The van der Waals surface area contributed by atoms with E-state index < -0.39 is 0 Å². The molecular formula is C13H14BrN3O2. The molecule has 0 aromatic carbocycles. The fraction of sp³-hybridized carbons (Fsp3) is 0.231. The van der Waals surface area contributed by atoms with E-state index in [4.69, 9.17) is 4.74 Å². The molecule has 1 N–H and O–H groups in total. The van der Waals surface area contributed by atoms with Crippen molar-refractivity contribution in [3.63, 3.8) is 0 Å². The number of amides is 1. The quantitative estimate of drug-likeness (QED) is 0.941. The second-order valence-corrected chi connectivity index (χ2v) is 4.76. The predicted octanol–water partition coefficient (Wildman–Crippen LogP) is 2.85. The Bertz CT molecular complexity index is 566. The van der Waals surface area contributed by atoms with E-state index in [1.807, 2.05) is 13.0 Å². The zero-order valence-corrected chi connectivity index (χ0v) is 12.3. The molecule has 0 radical (unpaired) electrons. The number of methoxy groups -OCH3 is 1. The molecule has 1 amide bonds. The Balaban J connectivity index is 2.25. The summed E-state index contributed by atoms with van der Waals surface area (Å²) in [5, 5.41) is 0. The topological polar surface area (TPSA) is 58.2 Å². The van der Waals surface area contributed by atoms with Gasteiger partial charge < -0.3 is 14.6 Å². The molecule has 0 fully saturated rings. The molecule has 6 heteroatoms. The molecule has 0 unspecified atom stereocenters. The van der Waals surface area contributed by atoms with Crippen molar-refractivity contribution in [1.82, 2.24) is 9.97 Å². The number of carbonyl (C=O) groups excluding carboxylic acids is 1. The van der Waals surface area contributed by atoms with E-state index in [0.29, 0.717) is 18.1 Å². The van der Waals surface area contributed by atoms with Crippen LogP contribution in [0.2, 0.25) is 0 Å². The van der Waals surface area contributed by atoms with Gasteiger partial charge in [0.2, 0.25) is 5.88 Å². The van der Waals surface area contributed by atoms with Crippen LogP contribution in [0.25, 0.3) is 0 Å². The van der Waals surface area contributed by atoms with Crippen molar-refractivity contribution in [2.24, 2.45) is 0 Å². The maximum atomic E-state index is 12.4. The Labute approximate surface area is 119 Å². The lowest BCUT2D eigenvalue weighted by Gasteiger charge is -2.20. The van der Waals surface area contributed by atoms with Gasteiger partial charge in [0.1, 0.15) is 5.69 Å².